The van der Waals surface area contributed by atoms with E-state index < -0.39 is 17.6 Å². The van der Waals surface area contributed by atoms with Crippen molar-refractivity contribution in [3.63, 3.8) is 0 Å². The van der Waals surface area contributed by atoms with E-state index in [0.717, 1.165) is 12.1 Å². The molecule has 0 amide bonds. The molecule has 1 aromatic carbocycles. The fourth-order valence-electron chi connectivity index (χ4n) is 1.86. The molecule has 2 aromatic rings. The van der Waals surface area contributed by atoms with Crippen LogP contribution in [0.5, 0.6) is 0 Å². The molecule has 3 nitrogen and oxygen atoms in total. The van der Waals surface area contributed by atoms with E-state index in [9.17, 15) is 17.6 Å². The van der Waals surface area contributed by atoms with Crippen molar-refractivity contribution in [2.75, 3.05) is 0 Å². The Morgan fingerprint density at radius 2 is 2.00 bits per heavy atom. The molecule has 2 N–H and O–H groups in total. The Kier molecular flexibility index (Phi) is 4.32. The molecule has 7 heteroatoms. The summed E-state index contributed by atoms with van der Waals surface area (Å²) in [4.78, 5) is 6.77. The monoisotopic (exact) mass is 301 g/mol. The topological polar surface area (TPSA) is 40.7 Å². The molecule has 0 aliphatic carbocycles. The molecule has 1 heterocycles. The molecule has 0 radical (unpaired) electrons. The third-order valence-corrected chi connectivity index (χ3v) is 2.87. The first-order chi connectivity index (χ1) is 9.77. The molecular weight excluding hydrogens is 286 g/mol. The van der Waals surface area contributed by atoms with Crippen molar-refractivity contribution in [2.45, 2.75) is 32.6 Å². The van der Waals surface area contributed by atoms with Gasteiger partial charge in [-0.05, 0) is 18.2 Å². The fraction of sp³-hybridized carbons (Fsp3) is 0.357. The van der Waals surface area contributed by atoms with Crippen LogP contribution < -0.4 is 5.32 Å². The van der Waals surface area contributed by atoms with E-state index in [1.165, 1.54) is 6.20 Å². The molecule has 0 saturated carbocycles. The summed E-state index contributed by atoms with van der Waals surface area (Å²) in [6.07, 6.45) is -3.17. The summed E-state index contributed by atoms with van der Waals surface area (Å²) < 4.78 is 51.9. The molecule has 114 valence electrons. The summed E-state index contributed by atoms with van der Waals surface area (Å²) >= 11 is 0. The first-order valence-corrected chi connectivity index (χ1v) is 6.41. The van der Waals surface area contributed by atoms with Crippen LogP contribution in [0.1, 0.15) is 25.1 Å². The van der Waals surface area contributed by atoms with Crippen LogP contribution in [0.2, 0.25) is 0 Å². The van der Waals surface area contributed by atoms with Crippen LogP contribution in [0.25, 0.3) is 11.4 Å². The second kappa shape index (κ2) is 5.85. The maximum atomic E-state index is 13.1. The zero-order chi connectivity index (χ0) is 15.6. The highest BCUT2D eigenvalue weighted by atomic mass is 19.4. The average Bonchev–Trinajstić information content (AvgIpc) is 2.84. The van der Waals surface area contributed by atoms with Gasteiger partial charge in [-0.2, -0.15) is 13.2 Å². The van der Waals surface area contributed by atoms with Crippen molar-refractivity contribution in [3.05, 3.63) is 41.5 Å². The number of aromatic amines is 1. The molecule has 2 rings (SSSR count). The number of halogens is 4. The van der Waals surface area contributed by atoms with Gasteiger partial charge in [-0.1, -0.05) is 13.8 Å². The zero-order valence-corrected chi connectivity index (χ0v) is 11.6. The Morgan fingerprint density at radius 3 is 2.62 bits per heavy atom. The fourth-order valence-corrected chi connectivity index (χ4v) is 1.86. The van der Waals surface area contributed by atoms with Crippen LogP contribution in [-0.4, -0.2) is 16.0 Å². The third kappa shape index (κ3) is 3.81. The SMILES string of the molecule is CC(C)NCc1cnc(-c2ccc(F)cc2C(F)(F)F)[nH]1. The van der Waals surface area contributed by atoms with Gasteiger partial charge in [-0.25, -0.2) is 9.37 Å². The third-order valence-electron chi connectivity index (χ3n) is 2.87. The van der Waals surface area contributed by atoms with E-state index in [0.29, 0.717) is 18.3 Å². The number of nitrogens with one attached hydrogen (secondary N) is 2. The average molecular weight is 301 g/mol. The number of hydrogen-bond acceptors (Lipinski definition) is 2. The largest absolute Gasteiger partial charge is 0.417 e. The van der Waals surface area contributed by atoms with Gasteiger partial charge in [-0.3, -0.25) is 0 Å². The number of hydrogen-bond donors (Lipinski definition) is 2. The lowest BCUT2D eigenvalue weighted by atomic mass is 10.1. The van der Waals surface area contributed by atoms with E-state index in [1.807, 2.05) is 13.8 Å². The Balaban J connectivity index is 2.34. The predicted molar refractivity (Wildman–Crippen MR) is 71.0 cm³/mol. The summed E-state index contributed by atoms with van der Waals surface area (Å²) in [5.74, 6) is -0.859. The molecule has 1 aromatic heterocycles. The smallest absolute Gasteiger partial charge is 0.341 e. The minimum atomic E-state index is -4.64. The zero-order valence-electron chi connectivity index (χ0n) is 11.6. The molecular formula is C14H15F4N3. The number of benzene rings is 1. The first kappa shape index (κ1) is 15.5. The van der Waals surface area contributed by atoms with E-state index in [4.69, 9.17) is 0 Å². The van der Waals surface area contributed by atoms with Gasteiger partial charge in [0, 0.05) is 30.0 Å². The van der Waals surface area contributed by atoms with Crippen molar-refractivity contribution in [1.29, 1.82) is 0 Å². The molecule has 0 unspecified atom stereocenters. The summed E-state index contributed by atoms with van der Waals surface area (Å²) in [6, 6.07) is 2.79. The number of nitrogens with zero attached hydrogens (tertiary/aromatic N) is 1. The van der Waals surface area contributed by atoms with Crippen molar-refractivity contribution in [2.24, 2.45) is 0 Å². The Labute approximate surface area is 119 Å². The summed E-state index contributed by atoms with van der Waals surface area (Å²) in [6.45, 7) is 4.38. The van der Waals surface area contributed by atoms with Crippen LogP contribution >= 0.6 is 0 Å². The van der Waals surface area contributed by atoms with Crippen LogP contribution in [0.15, 0.2) is 24.4 Å². The minimum absolute atomic E-state index is 0.0721. The highest BCUT2D eigenvalue weighted by Gasteiger charge is 2.34. The number of H-pyrrole nitrogens is 1. The number of alkyl halides is 3. The van der Waals surface area contributed by atoms with Crippen LogP contribution in [0, 0.1) is 5.82 Å². The lowest BCUT2D eigenvalue weighted by Gasteiger charge is -2.11. The number of rotatable bonds is 4. The van der Waals surface area contributed by atoms with Gasteiger partial charge in [0.15, 0.2) is 0 Å². The van der Waals surface area contributed by atoms with Crippen LogP contribution in [-0.2, 0) is 12.7 Å². The van der Waals surface area contributed by atoms with Gasteiger partial charge in [0.1, 0.15) is 11.6 Å². The van der Waals surface area contributed by atoms with Gasteiger partial charge in [0.05, 0.1) is 5.56 Å². The maximum Gasteiger partial charge on any atom is 0.417 e. The molecule has 0 saturated heterocycles. The highest BCUT2D eigenvalue weighted by molar-refractivity contribution is 5.61. The van der Waals surface area contributed by atoms with Crippen molar-refractivity contribution >= 4 is 0 Å². The maximum absolute atomic E-state index is 13.1. The Hall–Kier alpha value is -1.89. The van der Waals surface area contributed by atoms with E-state index in [-0.39, 0.29) is 17.4 Å². The summed E-state index contributed by atoms with van der Waals surface area (Å²) in [5.41, 5.74) is -0.545. The lowest BCUT2D eigenvalue weighted by Crippen LogP contribution is -2.21. The van der Waals surface area contributed by atoms with Gasteiger partial charge in [0.25, 0.3) is 0 Å². The van der Waals surface area contributed by atoms with Crippen LogP contribution in [0.4, 0.5) is 17.6 Å². The minimum Gasteiger partial charge on any atom is -0.341 e. The highest BCUT2D eigenvalue weighted by Crippen LogP contribution is 2.36. The molecule has 0 atom stereocenters. The number of aromatic nitrogens is 2. The summed E-state index contributed by atoms with van der Waals surface area (Å²) in [7, 11) is 0. The van der Waals surface area contributed by atoms with E-state index >= 15 is 0 Å². The van der Waals surface area contributed by atoms with E-state index in [1.54, 1.807) is 0 Å². The summed E-state index contributed by atoms with van der Waals surface area (Å²) in [5, 5.41) is 3.13. The Morgan fingerprint density at radius 1 is 1.29 bits per heavy atom. The lowest BCUT2D eigenvalue weighted by molar-refractivity contribution is -0.137. The molecule has 21 heavy (non-hydrogen) atoms. The predicted octanol–water partition coefficient (Wildman–Crippen LogP) is 3.73. The molecule has 0 fully saturated rings. The first-order valence-electron chi connectivity index (χ1n) is 6.41. The molecule has 0 aliphatic rings. The number of imidazole rings is 1. The van der Waals surface area contributed by atoms with Gasteiger partial charge < -0.3 is 10.3 Å². The molecule has 0 aliphatic heterocycles. The second-order valence-corrected chi connectivity index (χ2v) is 4.98. The Bertz CT molecular complexity index is 617. The second-order valence-electron chi connectivity index (χ2n) is 4.98. The van der Waals surface area contributed by atoms with Gasteiger partial charge >= 0.3 is 6.18 Å². The van der Waals surface area contributed by atoms with Crippen molar-refractivity contribution < 1.29 is 17.6 Å². The van der Waals surface area contributed by atoms with Crippen molar-refractivity contribution in [3.8, 4) is 11.4 Å². The van der Waals surface area contributed by atoms with Crippen LogP contribution in [0.3, 0.4) is 0 Å². The molecule has 0 bridgehead atoms. The standard InChI is InChI=1S/C14H15F4N3/c1-8(2)19-6-10-7-20-13(21-10)11-4-3-9(15)5-12(11)14(16,17)18/h3-5,7-8,19H,6H2,1-2H3,(H,20,21). The normalized spacial score (nSPS) is 12.1. The van der Waals surface area contributed by atoms with Gasteiger partial charge in [-0.15, -0.1) is 0 Å². The van der Waals surface area contributed by atoms with E-state index in [2.05, 4.69) is 15.3 Å². The quantitative estimate of drug-likeness (QED) is 0.845. The van der Waals surface area contributed by atoms with Crippen molar-refractivity contribution in [1.82, 2.24) is 15.3 Å². The molecule has 0 spiro atoms. The van der Waals surface area contributed by atoms with Gasteiger partial charge in [0.2, 0.25) is 0 Å².